The molecular weight excluding hydrogens is 737 g/mol. The third-order valence-electron chi connectivity index (χ3n) is 13.6. The Kier molecular flexibility index (Phi) is 15.9. The standard InChI is InChI=1S/C56H66O4/c1-3-5-8-12-41-16-20-43(21-17-41)45-24-28-47(29-25-45)49-32-36-52(37-33-49)55(57)59-40-54(51-14-10-7-11-15-51)60-56(58)53-38-34-50(35-39-53)48-30-26-46(27-31-48)44-22-18-42(19-23-44)13-9-6-4-2/h7,10-11,14-15,24-39,41-44,54H,3-6,8-9,12-13,16-23,40H2,1-2H3. The minimum absolute atomic E-state index is 0.0939. The van der Waals surface area contributed by atoms with Crippen LogP contribution in [0.4, 0.5) is 0 Å². The highest BCUT2D eigenvalue weighted by Crippen LogP contribution is 2.40. The van der Waals surface area contributed by atoms with Crippen LogP contribution < -0.4 is 0 Å². The topological polar surface area (TPSA) is 52.6 Å². The molecule has 4 nitrogen and oxygen atoms in total. The average Bonchev–Trinajstić information content (AvgIpc) is 3.31. The molecule has 5 aromatic carbocycles. The number of benzene rings is 5. The molecule has 0 saturated heterocycles. The van der Waals surface area contributed by atoms with E-state index in [0.29, 0.717) is 23.0 Å². The molecule has 2 aliphatic rings. The first-order valence-corrected chi connectivity index (χ1v) is 23.3. The fourth-order valence-corrected chi connectivity index (χ4v) is 9.73. The minimum atomic E-state index is -0.754. The molecular formula is C56H66O4. The predicted octanol–water partition coefficient (Wildman–Crippen LogP) is 15.5. The van der Waals surface area contributed by atoms with Gasteiger partial charge in [-0.05, 0) is 138 Å². The van der Waals surface area contributed by atoms with Crippen LogP contribution >= 0.6 is 0 Å². The van der Waals surface area contributed by atoms with Crippen LogP contribution in [0.5, 0.6) is 0 Å². The number of esters is 2. The van der Waals surface area contributed by atoms with E-state index in [4.69, 9.17) is 9.47 Å². The average molecular weight is 803 g/mol. The summed E-state index contributed by atoms with van der Waals surface area (Å²) in [5.41, 5.74) is 8.93. The molecule has 0 bridgehead atoms. The minimum Gasteiger partial charge on any atom is -0.458 e. The molecule has 0 N–H and O–H groups in total. The van der Waals surface area contributed by atoms with Gasteiger partial charge in [0.05, 0.1) is 11.1 Å². The third kappa shape index (κ3) is 11.9. The van der Waals surface area contributed by atoms with Crippen LogP contribution in [-0.2, 0) is 9.47 Å². The lowest BCUT2D eigenvalue weighted by atomic mass is 9.77. The van der Waals surface area contributed by atoms with Crippen molar-refractivity contribution < 1.29 is 19.1 Å². The van der Waals surface area contributed by atoms with E-state index in [-0.39, 0.29) is 6.61 Å². The van der Waals surface area contributed by atoms with E-state index in [1.165, 1.54) is 114 Å². The summed E-state index contributed by atoms with van der Waals surface area (Å²) < 4.78 is 11.8. The zero-order chi connectivity index (χ0) is 41.5. The van der Waals surface area contributed by atoms with Gasteiger partial charge < -0.3 is 9.47 Å². The van der Waals surface area contributed by atoms with E-state index < -0.39 is 18.0 Å². The van der Waals surface area contributed by atoms with Gasteiger partial charge in [-0.25, -0.2) is 9.59 Å². The van der Waals surface area contributed by atoms with E-state index in [1.807, 2.05) is 78.9 Å². The smallest absolute Gasteiger partial charge is 0.338 e. The molecule has 0 aliphatic heterocycles. The third-order valence-corrected chi connectivity index (χ3v) is 13.6. The highest BCUT2D eigenvalue weighted by molar-refractivity contribution is 5.91. The zero-order valence-electron chi connectivity index (χ0n) is 36.2. The van der Waals surface area contributed by atoms with Crippen LogP contribution in [-0.4, -0.2) is 18.5 Å². The molecule has 0 amide bonds. The van der Waals surface area contributed by atoms with Crippen molar-refractivity contribution in [3.05, 3.63) is 155 Å². The monoisotopic (exact) mass is 802 g/mol. The fraction of sp³-hybridized carbons (Fsp3) is 0.429. The first kappa shape index (κ1) is 43.1. The van der Waals surface area contributed by atoms with Crippen molar-refractivity contribution in [2.24, 2.45) is 11.8 Å². The molecule has 4 heteroatoms. The van der Waals surface area contributed by atoms with Gasteiger partial charge in [0.1, 0.15) is 6.61 Å². The molecule has 0 radical (unpaired) electrons. The van der Waals surface area contributed by atoms with Gasteiger partial charge >= 0.3 is 11.9 Å². The maximum Gasteiger partial charge on any atom is 0.338 e. The Morgan fingerprint density at radius 2 is 0.883 bits per heavy atom. The number of hydrogen-bond donors (Lipinski definition) is 0. The van der Waals surface area contributed by atoms with Crippen LogP contribution in [0.2, 0.25) is 0 Å². The van der Waals surface area contributed by atoms with E-state index in [9.17, 15) is 9.59 Å². The normalized spacial score (nSPS) is 19.6. The van der Waals surface area contributed by atoms with E-state index >= 15 is 0 Å². The molecule has 1 atom stereocenters. The summed E-state index contributed by atoms with van der Waals surface area (Å²) in [4.78, 5) is 26.8. The van der Waals surface area contributed by atoms with Crippen LogP contribution in [0.15, 0.2) is 127 Å². The van der Waals surface area contributed by atoms with Gasteiger partial charge in [-0.15, -0.1) is 0 Å². The molecule has 2 saturated carbocycles. The summed E-state index contributed by atoms with van der Waals surface area (Å²) in [7, 11) is 0. The molecule has 314 valence electrons. The second kappa shape index (κ2) is 22.0. The molecule has 0 aromatic heterocycles. The Bertz CT molecular complexity index is 2030. The second-order valence-electron chi connectivity index (χ2n) is 17.7. The quantitative estimate of drug-likeness (QED) is 0.0654. The summed E-state index contributed by atoms with van der Waals surface area (Å²) in [5.74, 6) is 2.22. The van der Waals surface area contributed by atoms with Gasteiger partial charge in [0.25, 0.3) is 0 Å². The summed E-state index contributed by atoms with van der Waals surface area (Å²) >= 11 is 0. The highest BCUT2D eigenvalue weighted by atomic mass is 16.6. The molecule has 5 aromatic rings. The van der Waals surface area contributed by atoms with Crippen LogP contribution in [0.3, 0.4) is 0 Å². The summed E-state index contributed by atoms with van der Waals surface area (Å²) in [6.45, 7) is 4.47. The van der Waals surface area contributed by atoms with Gasteiger partial charge in [0.2, 0.25) is 0 Å². The number of carbonyl (C=O) groups excluding carboxylic acids is 2. The number of unbranched alkanes of at least 4 members (excludes halogenated alkanes) is 4. The Morgan fingerprint density at radius 1 is 0.483 bits per heavy atom. The first-order chi connectivity index (χ1) is 29.5. The number of carbonyl (C=O) groups is 2. The van der Waals surface area contributed by atoms with Crippen LogP contribution in [0, 0.1) is 11.8 Å². The summed E-state index contributed by atoms with van der Waals surface area (Å²) in [6.07, 6.45) is 20.7. The molecule has 1 unspecified atom stereocenters. The van der Waals surface area contributed by atoms with Crippen molar-refractivity contribution in [1.82, 2.24) is 0 Å². The van der Waals surface area contributed by atoms with Crippen LogP contribution in [0.25, 0.3) is 22.3 Å². The van der Waals surface area contributed by atoms with Crippen molar-refractivity contribution in [3.8, 4) is 22.3 Å². The lowest BCUT2D eigenvalue weighted by Gasteiger charge is -2.29. The second-order valence-corrected chi connectivity index (χ2v) is 17.7. The molecule has 2 fully saturated rings. The highest BCUT2D eigenvalue weighted by Gasteiger charge is 2.24. The van der Waals surface area contributed by atoms with Gasteiger partial charge in [-0.3, -0.25) is 0 Å². The van der Waals surface area contributed by atoms with Crippen molar-refractivity contribution >= 4 is 11.9 Å². The molecule has 0 spiro atoms. The van der Waals surface area contributed by atoms with E-state index in [0.717, 1.165) is 39.7 Å². The largest absolute Gasteiger partial charge is 0.458 e. The number of ether oxygens (including phenoxy) is 2. The summed E-state index contributed by atoms with van der Waals surface area (Å²) in [5, 5.41) is 0. The maximum absolute atomic E-state index is 13.5. The molecule has 0 heterocycles. The van der Waals surface area contributed by atoms with Gasteiger partial charge in [-0.1, -0.05) is 168 Å². The van der Waals surface area contributed by atoms with Crippen molar-refractivity contribution in [3.63, 3.8) is 0 Å². The Hall–Kier alpha value is -4.96. The first-order valence-electron chi connectivity index (χ1n) is 23.3. The maximum atomic E-state index is 13.5. The van der Waals surface area contributed by atoms with Crippen molar-refractivity contribution in [2.75, 3.05) is 6.61 Å². The SMILES string of the molecule is CCCCCC1CCC(c2ccc(-c3ccc(C(=O)OCC(OC(=O)c4ccc(-c5ccc(C6CCC(CCCCC)CC6)cc5)cc4)c4ccccc4)cc3)cc2)CC1. The Labute approximate surface area is 360 Å². The summed E-state index contributed by atoms with van der Waals surface area (Å²) in [6, 6.07) is 42.6. The number of rotatable bonds is 18. The predicted molar refractivity (Wildman–Crippen MR) is 246 cm³/mol. The van der Waals surface area contributed by atoms with E-state index in [2.05, 4.69) is 62.4 Å². The number of hydrogen-bond acceptors (Lipinski definition) is 4. The van der Waals surface area contributed by atoms with Crippen molar-refractivity contribution in [1.29, 1.82) is 0 Å². The van der Waals surface area contributed by atoms with Gasteiger partial charge in [-0.2, -0.15) is 0 Å². The molecule has 2 aliphatic carbocycles. The Balaban J connectivity index is 0.905. The molecule has 60 heavy (non-hydrogen) atoms. The van der Waals surface area contributed by atoms with Gasteiger partial charge in [0.15, 0.2) is 6.10 Å². The Morgan fingerprint density at radius 3 is 1.30 bits per heavy atom. The van der Waals surface area contributed by atoms with Crippen molar-refractivity contribution in [2.45, 2.75) is 135 Å². The van der Waals surface area contributed by atoms with E-state index in [1.54, 1.807) is 0 Å². The van der Waals surface area contributed by atoms with Crippen LogP contribution in [0.1, 0.15) is 172 Å². The zero-order valence-corrected chi connectivity index (χ0v) is 36.2. The lowest BCUT2D eigenvalue weighted by molar-refractivity contribution is -0.00133. The lowest BCUT2D eigenvalue weighted by Crippen LogP contribution is -2.19. The molecule has 7 rings (SSSR count). The fourth-order valence-electron chi connectivity index (χ4n) is 9.73. The van der Waals surface area contributed by atoms with Gasteiger partial charge in [0, 0.05) is 0 Å².